The minimum atomic E-state index is -0.560. The number of nitrogens with two attached hydrogens (primary N) is 1. The number of nitrogens with zero attached hydrogens (tertiary/aromatic N) is 1. The van der Waals surface area contributed by atoms with Crippen molar-refractivity contribution >= 4 is 47.4 Å². The molecule has 8 heteroatoms. The lowest BCUT2D eigenvalue weighted by Crippen LogP contribution is -2.40. The normalized spacial score (nSPS) is 9.79. The third-order valence-electron chi connectivity index (χ3n) is 2.99. The molecule has 2 rings (SSSR count). The first-order chi connectivity index (χ1) is 11.1. The number of para-hydroxylation sites is 1. The summed E-state index contributed by atoms with van der Waals surface area (Å²) in [6.07, 6.45) is -0.560. The van der Waals surface area contributed by atoms with Crippen LogP contribution < -0.4 is 11.2 Å². The zero-order chi connectivity index (χ0) is 16.7. The topological polar surface area (TPSA) is 67.6 Å². The van der Waals surface area contributed by atoms with Gasteiger partial charge in [-0.25, -0.2) is 9.80 Å². The number of hydrogen-bond acceptors (Lipinski definition) is 4. The lowest BCUT2D eigenvalue weighted by molar-refractivity contribution is 0.105. The van der Waals surface area contributed by atoms with Crippen LogP contribution in [0.5, 0.6) is 0 Å². The number of ether oxygens (including phenoxy) is 1. The molecule has 5 nitrogen and oxygen atoms in total. The van der Waals surface area contributed by atoms with Gasteiger partial charge < -0.3 is 10.5 Å². The van der Waals surface area contributed by atoms with Crippen molar-refractivity contribution < 1.29 is 9.53 Å². The zero-order valence-corrected chi connectivity index (χ0v) is 15.1. The summed E-state index contributed by atoms with van der Waals surface area (Å²) < 4.78 is 5.28. The molecule has 0 atom stereocenters. The number of hydrazine groups is 1. The van der Waals surface area contributed by atoms with Crippen LogP contribution in [0.2, 0.25) is 10.0 Å². The van der Waals surface area contributed by atoms with E-state index in [1.165, 1.54) is 5.01 Å². The van der Waals surface area contributed by atoms with Crippen LogP contribution in [0.15, 0.2) is 48.5 Å². The Balaban J connectivity index is 0.00000288. The molecule has 24 heavy (non-hydrogen) atoms. The van der Waals surface area contributed by atoms with Gasteiger partial charge in [0.15, 0.2) is 0 Å². The fourth-order valence-electron chi connectivity index (χ4n) is 1.86. The number of anilines is 1. The van der Waals surface area contributed by atoms with Crippen molar-refractivity contribution in [3.05, 3.63) is 64.1 Å². The lowest BCUT2D eigenvalue weighted by Gasteiger charge is -2.24. The number of nitrogens with one attached hydrogen (secondary N) is 1. The second-order valence-corrected chi connectivity index (χ2v) is 5.50. The minimum absolute atomic E-state index is 0. The summed E-state index contributed by atoms with van der Waals surface area (Å²) in [6, 6.07) is 14.5. The molecular formula is C16H18Cl3N3O2. The molecule has 0 spiro atoms. The predicted molar refractivity (Wildman–Crippen MR) is 99.7 cm³/mol. The summed E-state index contributed by atoms with van der Waals surface area (Å²) in [5.41, 5.74) is 9.74. The standard InChI is InChI=1S/C16H17Cl2N3O2.ClH/c17-13-7-4-8-14(18)15(13)20-21(10-9-19)16(22)23-11-12-5-2-1-3-6-12;/h1-8,20H,9-11,19H2;1H. The van der Waals surface area contributed by atoms with Crippen molar-refractivity contribution in [2.24, 2.45) is 5.73 Å². The number of hydrogen-bond donors (Lipinski definition) is 2. The average molecular weight is 391 g/mol. The van der Waals surface area contributed by atoms with Gasteiger partial charge >= 0.3 is 6.09 Å². The molecule has 0 heterocycles. The number of amides is 1. The van der Waals surface area contributed by atoms with Crippen LogP contribution in [0.25, 0.3) is 0 Å². The third kappa shape index (κ3) is 5.76. The van der Waals surface area contributed by atoms with E-state index in [0.717, 1.165) is 5.56 Å². The van der Waals surface area contributed by atoms with Crippen LogP contribution in [0.4, 0.5) is 10.5 Å². The summed E-state index contributed by atoms with van der Waals surface area (Å²) in [5, 5.41) is 2.04. The number of benzene rings is 2. The van der Waals surface area contributed by atoms with Gasteiger partial charge in [-0.15, -0.1) is 12.4 Å². The maximum absolute atomic E-state index is 12.2. The molecule has 3 N–H and O–H groups in total. The van der Waals surface area contributed by atoms with E-state index in [4.69, 9.17) is 33.7 Å². The second-order valence-electron chi connectivity index (χ2n) is 4.69. The second kappa shape index (κ2) is 10.3. The van der Waals surface area contributed by atoms with Crippen molar-refractivity contribution in [2.45, 2.75) is 6.61 Å². The van der Waals surface area contributed by atoms with E-state index in [2.05, 4.69) is 5.43 Å². The molecule has 0 saturated heterocycles. The van der Waals surface area contributed by atoms with Gasteiger partial charge in [0.05, 0.1) is 22.3 Å². The predicted octanol–water partition coefficient (Wildman–Crippen LogP) is 4.34. The van der Waals surface area contributed by atoms with Crippen molar-refractivity contribution in [2.75, 3.05) is 18.5 Å². The summed E-state index contributed by atoms with van der Waals surface area (Å²) in [6.45, 7) is 0.670. The fraction of sp³-hybridized carbons (Fsp3) is 0.188. The Labute approximate surface area is 157 Å². The first kappa shape index (κ1) is 20.4. The van der Waals surface area contributed by atoms with Crippen LogP contribution in [0, 0.1) is 0 Å². The van der Waals surface area contributed by atoms with Gasteiger partial charge in [0.1, 0.15) is 6.61 Å². The minimum Gasteiger partial charge on any atom is -0.443 e. The van der Waals surface area contributed by atoms with Gasteiger partial charge in [-0.1, -0.05) is 59.6 Å². The van der Waals surface area contributed by atoms with E-state index >= 15 is 0 Å². The Bertz CT molecular complexity index is 636. The van der Waals surface area contributed by atoms with Crippen LogP contribution in [-0.4, -0.2) is 24.2 Å². The highest BCUT2D eigenvalue weighted by molar-refractivity contribution is 6.39. The Morgan fingerprint density at radius 2 is 1.71 bits per heavy atom. The first-order valence-corrected chi connectivity index (χ1v) is 7.76. The highest BCUT2D eigenvalue weighted by Gasteiger charge is 2.17. The molecule has 2 aromatic rings. The molecule has 0 aliphatic rings. The number of rotatable bonds is 6. The SMILES string of the molecule is Cl.NCCN(Nc1c(Cl)cccc1Cl)C(=O)OCc1ccccc1. The Morgan fingerprint density at radius 1 is 1.08 bits per heavy atom. The maximum atomic E-state index is 12.2. The van der Waals surface area contributed by atoms with Gasteiger partial charge in [-0.3, -0.25) is 5.43 Å². The van der Waals surface area contributed by atoms with E-state index in [9.17, 15) is 4.79 Å². The van der Waals surface area contributed by atoms with Crippen molar-refractivity contribution in [3.8, 4) is 0 Å². The molecule has 0 radical (unpaired) electrons. The monoisotopic (exact) mass is 389 g/mol. The molecular weight excluding hydrogens is 373 g/mol. The van der Waals surface area contributed by atoms with Crippen LogP contribution in [0.3, 0.4) is 0 Å². The number of carbonyl (C=O) groups excluding carboxylic acids is 1. The molecule has 1 amide bonds. The lowest BCUT2D eigenvalue weighted by atomic mass is 10.2. The van der Waals surface area contributed by atoms with Gasteiger partial charge in [-0.05, 0) is 17.7 Å². The largest absolute Gasteiger partial charge is 0.443 e. The summed E-state index contributed by atoms with van der Waals surface area (Å²) in [7, 11) is 0. The van der Waals surface area contributed by atoms with Gasteiger partial charge in [0.2, 0.25) is 0 Å². The molecule has 0 unspecified atom stereocenters. The highest BCUT2D eigenvalue weighted by atomic mass is 35.5. The molecule has 2 aromatic carbocycles. The van der Waals surface area contributed by atoms with E-state index in [0.29, 0.717) is 15.7 Å². The van der Waals surface area contributed by atoms with E-state index < -0.39 is 6.09 Å². The Morgan fingerprint density at radius 3 is 2.29 bits per heavy atom. The molecule has 0 saturated carbocycles. The molecule has 0 aromatic heterocycles. The molecule has 0 fully saturated rings. The van der Waals surface area contributed by atoms with E-state index in [1.54, 1.807) is 18.2 Å². The van der Waals surface area contributed by atoms with E-state index in [-0.39, 0.29) is 32.1 Å². The van der Waals surface area contributed by atoms with Crippen LogP contribution >= 0.6 is 35.6 Å². The van der Waals surface area contributed by atoms with Crippen LogP contribution in [-0.2, 0) is 11.3 Å². The van der Waals surface area contributed by atoms with Crippen molar-refractivity contribution in [1.82, 2.24) is 5.01 Å². The molecule has 130 valence electrons. The Kier molecular flexibility index (Phi) is 8.71. The van der Waals surface area contributed by atoms with Gasteiger partial charge in [0, 0.05) is 6.54 Å². The summed E-state index contributed by atoms with van der Waals surface area (Å²) in [5.74, 6) is 0. The zero-order valence-electron chi connectivity index (χ0n) is 12.7. The quantitative estimate of drug-likeness (QED) is 0.720. The van der Waals surface area contributed by atoms with Crippen molar-refractivity contribution in [1.29, 1.82) is 0 Å². The molecule has 0 aliphatic heterocycles. The Hall–Kier alpha value is -1.66. The van der Waals surface area contributed by atoms with Crippen LogP contribution in [0.1, 0.15) is 5.56 Å². The summed E-state index contributed by atoms with van der Waals surface area (Å²) >= 11 is 12.2. The van der Waals surface area contributed by atoms with Crippen molar-refractivity contribution in [3.63, 3.8) is 0 Å². The molecule has 0 aliphatic carbocycles. The van der Waals surface area contributed by atoms with E-state index in [1.807, 2.05) is 30.3 Å². The first-order valence-electron chi connectivity index (χ1n) is 7.00. The summed E-state index contributed by atoms with van der Waals surface area (Å²) in [4.78, 5) is 12.2. The smallest absolute Gasteiger partial charge is 0.428 e. The highest BCUT2D eigenvalue weighted by Crippen LogP contribution is 2.30. The number of halogens is 3. The van der Waals surface area contributed by atoms with Gasteiger partial charge in [-0.2, -0.15) is 0 Å². The third-order valence-corrected chi connectivity index (χ3v) is 3.62. The molecule has 0 bridgehead atoms. The number of carbonyl (C=O) groups is 1. The fourth-order valence-corrected chi connectivity index (χ4v) is 2.34. The van der Waals surface area contributed by atoms with Gasteiger partial charge in [0.25, 0.3) is 0 Å². The average Bonchev–Trinajstić information content (AvgIpc) is 2.56. The maximum Gasteiger partial charge on any atom is 0.428 e.